The smallest absolute Gasteiger partial charge is 0.316 e. The van der Waals surface area contributed by atoms with Gasteiger partial charge in [-0.3, -0.25) is 0 Å². The molecule has 9 heteroatoms. The first-order valence-electron chi connectivity index (χ1n) is 5.51. The van der Waals surface area contributed by atoms with Crippen LogP contribution >= 0.6 is 12.4 Å². The molecule has 0 aliphatic rings. The Morgan fingerprint density at radius 3 is 2.40 bits per heavy atom. The number of hydrogen-bond donors (Lipinski definition) is 2. The minimum Gasteiger partial charge on any atom is -0.316 e. The van der Waals surface area contributed by atoms with Gasteiger partial charge in [-0.2, -0.15) is 13.2 Å². The molecule has 0 bridgehead atoms. The van der Waals surface area contributed by atoms with Crippen molar-refractivity contribution in [2.45, 2.75) is 24.0 Å². The molecule has 2 N–H and O–H groups in total. The van der Waals surface area contributed by atoms with Gasteiger partial charge < -0.3 is 5.32 Å². The van der Waals surface area contributed by atoms with E-state index in [4.69, 9.17) is 0 Å². The number of halogens is 4. The highest BCUT2D eigenvalue weighted by atomic mass is 35.5. The largest absolute Gasteiger partial charge is 0.416 e. The zero-order chi connectivity index (χ0) is 14.7. The molecule has 0 aliphatic heterocycles. The second-order valence-electron chi connectivity index (χ2n) is 4.07. The monoisotopic (exact) mass is 332 g/mol. The molecule has 20 heavy (non-hydrogen) atoms. The van der Waals surface area contributed by atoms with E-state index in [0.29, 0.717) is 6.07 Å². The lowest BCUT2D eigenvalue weighted by molar-refractivity contribution is -0.137. The van der Waals surface area contributed by atoms with Crippen molar-refractivity contribution >= 4 is 22.4 Å². The third-order valence-corrected chi connectivity index (χ3v) is 3.97. The van der Waals surface area contributed by atoms with Gasteiger partial charge in [0.05, 0.1) is 10.5 Å². The van der Waals surface area contributed by atoms with Crippen LogP contribution in [0, 0.1) is 0 Å². The van der Waals surface area contributed by atoms with Gasteiger partial charge in [0.2, 0.25) is 10.0 Å². The molecule has 0 radical (unpaired) electrons. The Bertz CT molecular complexity index is 535. The van der Waals surface area contributed by atoms with Gasteiger partial charge in [-0.25, -0.2) is 13.1 Å². The minimum atomic E-state index is -4.57. The number of benzene rings is 1. The maximum Gasteiger partial charge on any atom is 0.416 e. The molecule has 0 fully saturated rings. The maximum atomic E-state index is 12.5. The predicted octanol–water partition coefficient (Wildman–Crippen LogP) is 2.01. The maximum absolute atomic E-state index is 12.5. The van der Waals surface area contributed by atoms with Crippen molar-refractivity contribution in [3.63, 3.8) is 0 Å². The summed E-state index contributed by atoms with van der Waals surface area (Å²) in [5, 5.41) is 2.82. The van der Waals surface area contributed by atoms with Crippen molar-refractivity contribution in [2.75, 3.05) is 13.6 Å². The van der Waals surface area contributed by atoms with Gasteiger partial charge >= 0.3 is 6.18 Å². The first-order valence-corrected chi connectivity index (χ1v) is 6.99. The highest BCUT2D eigenvalue weighted by Gasteiger charge is 2.31. The predicted molar refractivity (Wildman–Crippen MR) is 72.4 cm³/mol. The summed E-state index contributed by atoms with van der Waals surface area (Å²) in [4.78, 5) is -0.398. The molecule has 1 atom stereocenters. The number of alkyl halides is 3. The fraction of sp³-hybridized carbons (Fsp3) is 0.455. The van der Waals surface area contributed by atoms with Gasteiger partial charge in [-0.15, -0.1) is 12.4 Å². The topological polar surface area (TPSA) is 58.2 Å². The van der Waals surface area contributed by atoms with E-state index in [9.17, 15) is 21.6 Å². The van der Waals surface area contributed by atoms with Crippen LogP contribution < -0.4 is 10.0 Å². The van der Waals surface area contributed by atoms with Crippen LogP contribution in [-0.4, -0.2) is 28.1 Å². The Kier molecular flexibility index (Phi) is 6.96. The minimum absolute atomic E-state index is 0. The molecular weight excluding hydrogens is 317 g/mol. The Morgan fingerprint density at radius 2 is 1.90 bits per heavy atom. The Morgan fingerprint density at radius 1 is 1.30 bits per heavy atom. The van der Waals surface area contributed by atoms with Crippen LogP contribution in [0.25, 0.3) is 0 Å². The van der Waals surface area contributed by atoms with Crippen molar-refractivity contribution in [1.29, 1.82) is 0 Å². The average molecular weight is 333 g/mol. The van der Waals surface area contributed by atoms with Gasteiger partial charge in [-0.05, 0) is 32.2 Å². The third-order valence-electron chi connectivity index (χ3n) is 2.54. The van der Waals surface area contributed by atoms with E-state index in [1.54, 1.807) is 14.0 Å². The molecule has 1 unspecified atom stereocenters. The summed E-state index contributed by atoms with van der Waals surface area (Å²) in [5.74, 6) is 0. The Hall–Kier alpha value is -0.830. The van der Waals surface area contributed by atoms with E-state index in [0.717, 1.165) is 18.2 Å². The van der Waals surface area contributed by atoms with E-state index in [2.05, 4.69) is 10.0 Å². The summed E-state index contributed by atoms with van der Waals surface area (Å²) in [6.45, 7) is 1.84. The zero-order valence-electron chi connectivity index (χ0n) is 10.9. The van der Waals surface area contributed by atoms with Crippen molar-refractivity contribution in [3.05, 3.63) is 29.8 Å². The van der Waals surface area contributed by atoms with Crippen LogP contribution in [0.15, 0.2) is 29.2 Å². The first-order chi connectivity index (χ1) is 8.66. The zero-order valence-corrected chi connectivity index (χ0v) is 12.5. The van der Waals surface area contributed by atoms with Crippen LogP contribution in [0.4, 0.5) is 13.2 Å². The summed E-state index contributed by atoms with van der Waals surface area (Å²) < 4.78 is 63.4. The normalized spacial score (nSPS) is 13.7. The summed E-state index contributed by atoms with van der Waals surface area (Å²) in [6.07, 6.45) is -4.57. The Balaban J connectivity index is 0.00000361. The molecule has 0 aliphatic carbocycles. The van der Waals surface area contributed by atoms with Gasteiger partial charge in [0.15, 0.2) is 0 Å². The molecule has 0 amide bonds. The van der Waals surface area contributed by atoms with Gasteiger partial charge in [0, 0.05) is 12.6 Å². The Labute approximate surface area is 122 Å². The number of likely N-dealkylation sites (N-methyl/N-ethyl adjacent to an activating group) is 1. The van der Waals surface area contributed by atoms with Crippen LogP contribution in [0.3, 0.4) is 0 Å². The SMILES string of the molecule is CNC(C)CNS(=O)(=O)c1cccc(C(F)(F)F)c1.Cl. The molecule has 0 aromatic heterocycles. The van der Waals surface area contributed by atoms with Crippen molar-refractivity contribution in [2.24, 2.45) is 0 Å². The molecule has 0 heterocycles. The fourth-order valence-corrected chi connectivity index (χ4v) is 2.44. The lowest BCUT2D eigenvalue weighted by atomic mass is 10.2. The summed E-state index contributed by atoms with van der Waals surface area (Å²) in [5.41, 5.74) is -0.989. The van der Waals surface area contributed by atoms with Crippen LogP contribution in [0.1, 0.15) is 12.5 Å². The van der Waals surface area contributed by atoms with E-state index in [-0.39, 0.29) is 25.0 Å². The number of rotatable bonds is 5. The van der Waals surface area contributed by atoms with Gasteiger partial charge in [0.1, 0.15) is 0 Å². The molecular formula is C11H16ClF3N2O2S. The van der Waals surface area contributed by atoms with Gasteiger partial charge in [-0.1, -0.05) is 6.07 Å². The van der Waals surface area contributed by atoms with Crippen LogP contribution in [0.5, 0.6) is 0 Å². The second-order valence-corrected chi connectivity index (χ2v) is 5.83. The average Bonchev–Trinajstić information content (AvgIpc) is 2.35. The van der Waals surface area contributed by atoms with Crippen molar-refractivity contribution in [3.8, 4) is 0 Å². The highest BCUT2D eigenvalue weighted by molar-refractivity contribution is 7.89. The molecule has 1 rings (SSSR count). The molecule has 4 nitrogen and oxygen atoms in total. The van der Waals surface area contributed by atoms with Crippen LogP contribution in [0.2, 0.25) is 0 Å². The number of sulfonamides is 1. The van der Waals surface area contributed by atoms with Crippen molar-refractivity contribution < 1.29 is 21.6 Å². The molecule has 0 saturated carbocycles. The summed E-state index contributed by atoms with van der Waals surface area (Å²) in [7, 11) is -2.28. The number of nitrogens with one attached hydrogen (secondary N) is 2. The number of hydrogen-bond acceptors (Lipinski definition) is 3. The quantitative estimate of drug-likeness (QED) is 0.867. The lowest BCUT2D eigenvalue weighted by Crippen LogP contribution is -2.37. The van der Waals surface area contributed by atoms with E-state index in [1.165, 1.54) is 0 Å². The summed E-state index contributed by atoms with van der Waals surface area (Å²) >= 11 is 0. The van der Waals surface area contributed by atoms with Crippen LogP contribution in [-0.2, 0) is 16.2 Å². The molecule has 1 aromatic carbocycles. The van der Waals surface area contributed by atoms with Crippen molar-refractivity contribution in [1.82, 2.24) is 10.0 Å². The van der Waals surface area contributed by atoms with Gasteiger partial charge in [0.25, 0.3) is 0 Å². The standard InChI is InChI=1S/C11H15F3N2O2S.ClH/c1-8(15-2)7-16-19(17,18)10-5-3-4-9(6-10)11(12,13)14;/h3-6,8,15-16H,7H2,1-2H3;1H. The molecule has 0 spiro atoms. The summed E-state index contributed by atoms with van der Waals surface area (Å²) in [6, 6.07) is 3.52. The van der Waals surface area contributed by atoms with E-state index >= 15 is 0 Å². The van der Waals surface area contributed by atoms with E-state index in [1.807, 2.05) is 0 Å². The third kappa shape index (κ3) is 5.28. The molecule has 0 saturated heterocycles. The fourth-order valence-electron chi connectivity index (χ4n) is 1.26. The molecule has 1 aromatic rings. The second kappa shape index (κ2) is 7.26. The highest BCUT2D eigenvalue weighted by Crippen LogP contribution is 2.30. The first kappa shape index (κ1) is 19.2. The van der Waals surface area contributed by atoms with E-state index < -0.39 is 26.7 Å². The lowest BCUT2D eigenvalue weighted by Gasteiger charge is -2.13. The molecule has 116 valence electrons.